The molecule has 3 heteroatoms. The standard InChI is InChI=1S/C16H34N2O/c1-6-16(4)13-18(10-8-7-9-11-19-5)15(12-17-16)14(2)3/h14-15,17H,6-13H2,1-5H3. The average Bonchev–Trinajstić information content (AvgIpc) is 2.38. The highest BCUT2D eigenvalue weighted by Crippen LogP contribution is 2.23. The van der Waals surface area contributed by atoms with Gasteiger partial charge in [0.2, 0.25) is 0 Å². The number of nitrogens with one attached hydrogen (secondary N) is 1. The molecular formula is C16H34N2O. The molecule has 0 spiro atoms. The van der Waals surface area contributed by atoms with E-state index >= 15 is 0 Å². The number of ether oxygens (including phenoxy) is 1. The van der Waals surface area contributed by atoms with Crippen molar-refractivity contribution < 1.29 is 4.74 Å². The van der Waals surface area contributed by atoms with Crippen LogP contribution >= 0.6 is 0 Å². The molecule has 1 N–H and O–H groups in total. The zero-order chi connectivity index (χ0) is 14.3. The zero-order valence-electron chi connectivity index (χ0n) is 13.7. The van der Waals surface area contributed by atoms with Crippen LogP contribution in [0.2, 0.25) is 0 Å². The topological polar surface area (TPSA) is 24.5 Å². The lowest BCUT2D eigenvalue weighted by molar-refractivity contribution is 0.0583. The summed E-state index contributed by atoms with van der Waals surface area (Å²) in [5.74, 6) is 0.730. The lowest BCUT2D eigenvalue weighted by Gasteiger charge is -2.47. The molecular weight excluding hydrogens is 236 g/mol. The van der Waals surface area contributed by atoms with Gasteiger partial charge in [-0.05, 0) is 45.1 Å². The second-order valence-electron chi connectivity index (χ2n) is 6.63. The van der Waals surface area contributed by atoms with Crippen molar-refractivity contribution >= 4 is 0 Å². The number of hydrogen-bond donors (Lipinski definition) is 1. The third-order valence-corrected chi connectivity index (χ3v) is 4.60. The molecule has 114 valence electrons. The van der Waals surface area contributed by atoms with Crippen LogP contribution in [0.4, 0.5) is 0 Å². The summed E-state index contributed by atoms with van der Waals surface area (Å²) in [6.07, 6.45) is 4.98. The van der Waals surface area contributed by atoms with Crippen LogP contribution in [-0.2, 0) is 4.74 Å². The molecule has 1 aliphatic rings. The Hall–Kier alpha value is -0.120. The first-order valence-electron chi connectivity index (χ1n) is 8.00. The Balaban J connectivity index is 2.43. The van der Waals surface area contributed by atoms with Crippen molar-refractivity contribution in [3.05, 3.63) is 0 Å². The summed E-state index contributed by atoms with van der Waals surface area (Å²) in [7, 11) is 1.79. The Kier molecular flexibility index (Phi) is 7.33. The fraction of sp³-hybridized carbons (Fsp3) is 1.00. The monoisotopic (exact) mass is 270 g/mol. The van der Waals surface area contributed by atoms with E-state index in [-0.39, 0.29) is 0 Å². The molecule has 1 heterocycles. The van der Waals surface area contributed by atoms with Gasteiger partial charge >= 0.3 is 0 Å². The maximum absolute atomic E-state index is 5.12. The van der Waals surface area contributed by atoms with Gasteiger partial charge in [0.05, 0.1) is 0 Å². The minimum atomic E-state index is 0.303. The summed E-state index contributed by atoms with van der Waals surface area (Å²) in [6, 6.07) is 0.696. The first-order valence-corrected chi connectivity index (χ1v) is 8.00. The molecule has 19 heavy (non-hydrogen) atoms. The minimum absolute atomic E-state index is 0.303. The van der Waals surface area contributed by atoms with E-state index in [0.29, 0.717) is 11.6 Å². The molecule has 0 amide bonds. The van der Waals surface area contributed by atoms with Gasteiger partial charge in [0.15, 0.2) is 0 Å². The van der Waals surface area contributed by atoms with Gasteiger partial charge in [-0.25, -0.2) is 0 Å². The SMILES string of the molecule is CCC1(C)CN(CCCCCOC)C(C(C)C)CN1. The van der Waals surface area contributed by atoms with Crippen molar-refractivity contribution in [2.24, 2.45) is 5.92 Å². The smallest absolute Gasteiger partial charge is 0.0462 e. The third kappa shape index (κ3) is 5.41. The van der Waals surface area contributed by atoms with Gasteiger partial charge in [0, 0.05) is 38.4 Å². The summed E-state index contributed by atoms with van der Waals surface area (Å²) < 4.78 is 5.12. The molecule has 0 aromatic rings. The first kappa shape index (κ1) is 16.9. The van der Waals surface area contributed by atoms with E-state index in [1.165, 1.54) is 38.8 Å². The summed E-state index contributed by atoms with van der Waals surface area (Å²) in [5, 5.41) is 3.76. The van der Waals surface area contributed by atoms with Gasteiger partial charge in [-0.3, -0.25) is 4.90 Å². The molecule has 0 aromatic heterocycles. The number of unbranched alkanes of at least 4 members (excludes halogenated alkanes) is 2. The van der Waals surface area contributed by atoms with Crippen LogP contribution in [0.5, 0.6) is 0 Å². The fourth-order valence-corrected chi connectivity index (χ4v) is 2.98. The number of nitrogens with zero attached hydrogens (tertiary/aromatic N) is 1. The van der Waals surface area contributed by atoms with Gasteiger partial charge in [0.25, 0.3) is 0 Å². The van der Waals surface area contributed by atoms with Crippen molar-refractivity contribution in [2.45, 2.75) is 65.0 Å². The van der Waals surface area contributed by atoms with E-state index in [0.717, 1.165) is 19.1 Å². The maximum Gasteiger partial charge on any atom is 0.0462 e. The van der Waals surface area contributed by atoms with Crippen LogP contribution in [0.1, 0.15) is 53.4 Å². The molecule has 3 nitrogen and oxygen atoms in total. The Bertz CT molecular complexity index is 245. The molecule has 2 unspecified atom stereocenters. The summed E-state index contributed by atoms with van der Waals surface area (Å²) in [5.41, 5.74) is 0.303. The average molecular weight is 270 g/mol. The van der Waals surface area contributed by atoms with Crippen LogP contribution in [0, 0.1) is 5.92 Å². The molecule has 1 rings (SSSR count). The lowest BCUT2D eigenvalue weighted by atomic mass is 9.89. The van der Waals surface area contributed by atoms with Crippen molar-refractivity contribution in [3.8, 4) is 0 Å². The molecule has 0 bridgehead atoms. The second kappa shape index (κ2) is 8.23. The van der Waals surface area contributed by atoms with Crippen molar-refractivity contribution in [1.82, 2.24) is 10.2 Å². The molecule has 0 saturated carbocycles. The Morgan fingerprint density at radius 2 is 2.05 bits per heavy atom. The van der Waals surface area contributed by atoms with Crippen LogP contribution in [0.25, 0.3) is 0 Å². The molecule has 1 aliphatic heterocycles. The van der Waals surface area contributed by atoms with E-state index < -0.39 is 0 Å². The van der Waals surface area contributed by atoms with Crippen molar-refractivity contribution in [2.75, 3.05) is 33.4 Å². The van der Waals surface area contributed by atoms with Crippen molar-refractivity contribution in [3.63, 3.8) is 0 Å². The lowest BCUT2D eigenvalue weighted by Crippen LogP contribution is -2.63. The molecule has 1 saturated heterocycles. The molecule has 2 atom stereocenters. The summed E-state index contributed by atoms with van der Waals surface area (Å²) in [6.45, 7) is 13.8. The van der Waals surface area contributed by atoms with Crippen LogP contribution < -0.4 is 5.32 Å². The number of hydrogen-bond acceptors (Lipinski definition) is 3. The summed E-state index contributed by atoms with van der Waals surface area (Å²) >= 11 is 0. The predicted octanol–water partition coefficient (Wildman–Crippen LogP) is 2.90. The summed E-state index contributed by atoms with van der Waals surface area (Å²) in [4.78, 5) is 2.72. The molecule has 1 fully saturated rings. The minimum Gasteiger partial charge on any atom is -0.385 e. The van der Waals surface area contributed by atoms with Gasteiger partial charge in [-0.15, -0.1) is 0 Å². The molecule has 0 radical (unpaired) electrons. The van der Waals surface area contributed by atoms with Gasteiger partial charge in [-0.2, -0.15) is 0 Å². The fourth-order valence-electron chi connectivity index (χ4n) is 2.98. The third-order valence-electron chi connectivity index (χ3n) is 4.60. The quantitative estimate of drug-likeness (QED) is 0.686. The number of piperazine rings is 1. The highest BCUT2D eigenvalue weighted by Gasteiger charge is 2.35. The van der Waals surface area contributed by atoms with Gasteiger partial charge in [-0.1, -0.05) is 20.8 Å². The van der Waals surface area contributed by atoms with Crippen LogP contribution in [0.3, 0.4) is 0 Å². The zero-order valence-corrected chi connectivity index (χ0v) is 13.7. The van der Waals surface area contributed by atoms with Crippen LogP contribution in [-0.4, -0.2) is 49.8 Å². The second-order valence-corrected chi connectivity index (χ2v) is 6.63. The largest absolute Gasteiger partial charge is 0.385 e. The maximum atomic E-state index is 5.12. The first-order chi connectivity index (χ1) is 9.02. The Morgan fingerprint density at radius 3 is 2.63 bits per heavy atom. The van der Waals surface area contributed by atoms with Crippen LogP contribution in [0.15, 0.2) is 0 Å². The number of methoxy groups -OCH3 is 1. The van der Waals surface area contributed by atoms with Gasteiger partial charge < -0.3 is 10.1 Å². The highest BCUT2D eigenvalue weighted by atomic mass is 16.5. The van der Waals surface area contributed by atoms with E-state index in [1.807, 2.05) is 0 Å². The molecule has 0 aliphatic carbocycles. The van der Waals surface area contributed by atoms with E-state index in [1.54, 1.807) is 7.11 Å². The Labute approximate surface area is 120 Å². The predicted molar refractivity (Wildman–Crippen MR) is 82.6 cm³/mol. The normalized spacial score (nSPS) is 29.1. The van der Waals surface area contributed by atoms with E-state index in [2.05, 4.69) is 37.9 Å². The van der Waals surface area contributed by atoms with E-state index in [9.17, 15) is 0 Å². The molecule has 0 aromatic carbocycles. The van der Waals surface area contributed by atoms with E-state index in [4.69, 9.17) is 4.74 Å². The number of rotatable bonds is 8. The van der Waals surface area contributed by atoms with Crippen molar-refractivity contribution in [1.29, 1.82) is 0 Å². The Morgan fingerprint density at radius 1 is 1.32 bits per heavy atom. The van der Waals surface area contributed by atoms with Gasteiger partial charge in [0.1, 0.15) is 0 Å². The highest BCUT2D eigenvalue weighted by molar-refractivity contribution is 4.95.